The highest BCUT2D eigenvalue weighted by Gasteiger charge is 2.22. The molecule has 2 aromatic rings. The Balaban J connectivity index is 1.57. The zero-order valence-electron chi connectivity index (χ0n) is 18.0. The summed E-state index contributed by atoms with van der Waals surface area (Å²) in [4.78, 5) is 11.2. The van der Waals surface area contributed by atoms with Crippen LogP contribution in [0.3, 0.4) is 0 Å². The second-order valence-corrected chi connectivity index (χ2v) is 8.18. The van der Waals surface area contributed by atoms with Crippen molar-refractivity contribution >= 4 is 11.6 Å². The number of aromatic nitrogens is 2. The number of aryl methyl sites for hydroxylation is 1. The number of nitrogens with zero attached hydrogens (tertiary/aromatic N) is 4. The van der Waals surface area contributed by atoms with E-state index in [4.69, 9.17) is 0 Å². The minimum Gasteiger partial charge on any atom is -0.369 e. The molecule has 1 fully saturated rings. The number of hydrogen-bond acceptors (Lipinski definition) is 3. The van der Waals surface area contributed by atoms with Crippen LogP contribution >= 0.6 is 0 Å². The molecule has 1 aromatic carbocycles. The van der Waals surface area contributed by atoms with Crippen molar-refractivity contribution < 1.29 is 4.39 Å². The normalized spacial score (nSPS) is 17.7. The molecule has 1 atom stereocenters. The van der Waals surface area contributed by atoms with Crippen molar-refractivity contribution in [2.45, 2.75) is 52.7 Å². The van der Waals surface area contributed by atoms with Gasteiger partial charge in [-0.1, -0.05) is 13.8 Å². The molecule has 0 bridgehead atoms. The molecule has 0 saturated carbocycles. The molecule has 1 aromatic heterocycles. The fourth-order valence-electron chi connectivity index (χ4n) is 3.91. The maximum Gasteiger partial charge on any atom is 0.191 e. The summed E-state index contributed by atoms with van der Waals surface area (Å²) in [7, 11) is 1.79. The number of piperidine rings is 1. The number of benzene rings is 1. The Morgan fingerprint density at radius 1 is 1.38 bits per heavy atom. The SMILES string of the molecule is CN=C(NCc1nccn1CC(C)C)NC1CCCN(c2ccc(F)cc2C)C1. The van der Waals surface area contributed by atoms with Crippen LogP contribution in [0.5, 0.6) is 0 Å². The monoisotopic (exact) mass is 400 g/mol. The average Bonchev–Trinajstić information content (AvgIpc) is 3.11. The van der Waals surface area contributed by atoms with Gasteiger partial charge in [0.2, 0.25) is 0 Å². The fraction of sp³-hybridized carbons (Fsp3) is 0.545. The van der Waals surface area contributed by atoms with Gasteiger partial charge in [-0.25, -0.2) is 9.37 Å². The molecule has 0 amide bonds. The molecule has 0 aliphatic carbocycles. The summed E-state index contributed by atoms with van der Waals surface area (Å²) < 4.78 is 15.6. The number of imidazole rings is 1. The van der Waals surface area contributed by atoms with E-state index in [1.54, 1.807) is 19.2 Å². The number of anilines is 1. The number of aliphatic imine (C=N–C) groups is 1. The smallest absolute Gasteiger partial charge is 0.191 e. The van der Waals surface area contributed by atoms with Crippen LogP contribution in [-0.4, -0.2) is 41.7 Å². The number of hydrogen-bond donors (Lipinski definition) is 2. The molecule has 1 aliphatic heterocycles. The Kier molecular flexibility index (Phi) is 7.12. The van der Waals surface area contributed by atoms with Gasteiger partial charge in [-0.05, 0) is 49.4 Å². The molecule has 2 heterocycles. The van der Waals surface area contributed by atoms with Gasteiger partial charge in [-0.15, -0.1) is 0 Å². The Labute approximate surface area is 173 Å². The molecule has 1 aliphatic rings. The summed E-state index contributed by atoms with van der Waals surface area (Å²) in [6, 6.07) is 5.31. The third kappa shape index (κ3) is 5.71. The van der Waals surface area contributed by atoms with E-state index in [9.17, 15) is 4.39 Å². The highest BCUT2D eigenvalue weighted by Crippen LogP contribution is 2.24. The minimum absolute atomic E-state index is 0.182. The quantitative estimate of drug-likeness (QED) is 0.577. The summed E-state index contributed by atoms with van der Waals surface area (Å²) in [6.45, 7) is 9.82. The van der Waals surface area contributed by atoms with Crippen molar-refractivity contribution in [3.05, 3.63) is 47.8 Å². The van der Waals surface area contributed by atoms with E-state index in [-0.39, 0.29) is 11.9 Å². The molecule has 158 valence electrons. The standard InChI is InChI=1S/C22H33FN6/c1-16(2)14-29-11-9-25-21(29)13-26-22(24-4)27-19-6-5-10-28(15-19)20-8-7-18(23)12-17(20)3/h7-9,11-12,16,19H,5-6,10,13-15H2,1-4H3,(H2,24,26,27). The van der Waals surface area contributed by atoms with Crippen molar-refractivity contribution in [1.29, 1.82) is 0 Å². The first-order valence-electron chi connectivity index (χ1n) is 10.4. The van der Waals surface area contributed by atoms with Crippen LogP contribution in [0.25, 0.3) is 0 Å². The Morgan fingerprint density at radius 3 is 2.93 bits per heavy atom. The molecule has 0 spiro atoms. The van der Waals surface area contributed by atoms with Gasteiger partial charge in [-0.2, -0.15) is 0 Å². The fourth-order valence-corrected chi connectivity index (χ4v) is 3.91. The largest absolute Gasteiger partial charge is 0.369 e. The van der Waals surface area contributed by atoms with E-state index in [0.717, 1.165) is 55.5 Å². The van der Waals surface area contributed by atoms with E-state index in [1.807, 2.05) is 25.4 Å². The molecule has 1 unspecified atom stereocenters. The van der Waals surface area contributed by atoms with Gasteiger partial charge < -0.3 is 20.1 Å². The highest BCUT2D eigenvalue weighted by molar-refractivity contribution is 5.80. The molecular weight excluding hydrogens is 367 g/mol. The number of halogens is 1. The van der Waals surface area contributed by atoms with Gasteiger partial charge in [0.25, 0.3) is 0 Å². The van der Waals surface area contributed by atoms with E-state index in [1.165, 1.54) is 0 Å². The van der Waals surface area contributed by atoms with Crippen LogP contribution in [-0.2, 0) is 13.1 Å². The second-order valence-electron chi connectivity index (χ2n) is 8.18. The Bertz CT molecular complexity index is 828. The first kappa shape index (κ1) is 21.1. The minimum atomic E-state index is -0.182. The lowest BCUT2D eigenvalue weighted by atomic mass is 10.0. The van der Waals surface area contributed by atoms with Gasteiger partial charge in [0.15, 0.2) is 5.96 Å². The van der Waals surface area contributed by atoms with Crippen molar-refractivity contribution in [2.24, 2.45) is 10.9 Å². The molecule has 0 radical (unpaired) electrons. The van der Waals surface area contributed by atoms with E-state index in [2.05, 4.69) is 43.9 Å². The topological polar surface area (TPSA) is 57.5 Å². The molecule has 6 nitrogen and oxygen atoms in total. The molecule has 1 saturated heterocycles. The molecule has 2 N–H and O–H groups in total. The highest BCUT2D eigenvalue weighted by atomic mass is 19.1. The van der Waals surface area contributed by atoms with E-state index < -0.39 is 0 Å². The van der Waals surface area contributed by atoms with E-state index in [0.29, 0.717) is 12.5 Å². The molecule has 29 heavy (non-hydrogen) atoms. The third-order valence-electron chi connectivity index (χ3n) is 5.26. The third-order valence-corrected chi connectivity index (χ3v) is 5.26. The Morgan fingerprint density at radius 2 is 2.21 bits per heavy atom. The van der Waals surface area contributed by atoms with Gasteiger partial charge in [0, 0.05) is 50.8 Å². The first-order chi connectivity index (χ1) is 14.0. The maximum absolute atomic E-state index is 13.4. The number of nitrogens with one attached hydrogen (secondary N) is 2. The lowest BCUT2D eigenvalue weighted by Crippen LogP contribution is -2.51. The van der Waals surface area contributed by atoms with Gasteiger partial charge >= 0.3 is 0 Å². The predicted molar refractivity (Wildman–Crippen MR) is 117 cm³/mol. The number of rotatable bonds is 6. The van der Waals surface area contributed by atoms with Crippen LogP contribution in [0, 0.1) is 18.7 Å². The zero-order valence-corrected chi connectivity index (χ0v) is 18.0. The summed E-state index contributed by atoms with van der Waals surface area (Å²) in [6.07, 6.45) is 6.04. The first-order valence-corrected chi connectivity index (χ1v) is 10.4. The summed E-state index contributed by atoms with van der Waals surface area (Å²) >= 11 is 0. The predicted octanol–water partition coefficient (Wildman–Crippen LogP) is 3.32. The van der Waals surface area contributed by atoms with Crippen LogP contribution < -0.4 is 15.5 Å². The lowest BCUT2D eigenvalue weighted by molar-refractivity contribution is 0.465. The summed E-state index contributed by atoms with van der Waals surface area (Å²) in [5.41, 5.74) is 2.08. The zero-order chi connectivity index (χ0) is 20.8. The van der Waals surface area contributed by atoms with Crippen molar-refractivity contribution in [1.82, 2.24) is 20.2 Å². The molecule has 3 rings (SSSR count). The van der Waals surface area contributed by atoms with Crippen LogP contribution in [0.1, 0.15) is 38.1 Å². The van der Waals surface area contributed by atoms with Gasteiger partial charge in [0.05, 0.1) is 6.54 Å². The molecular formula is C22H33FN6. The summed E-state index contributed by atoms with van der Waals surface area (Å²) in [5, 5.41) is 6.94. The van der Waals surface area contributed by atoms with Crippen LogP contribution in [0.2, 0.25) is 0 Å². The van der Waals surface area contributed by atoms with Crippen molar-refractivity contribution in [2.75, 3.05) is 25.0 Å². The van der Waals surface area contributed by atoms with Crippen molar-refractivity contribution in [3.8, 4) is 0 Å². The average molecular weight is 401 g/mol. The lowest BCUT2D eigenvalue weighted by Gasteiger charge is -2.36. The summed E-state index contributed by atoms with van der Waals surface area (Å²) in [5.74, 6) is 2.18. The second kappa shape index (κ2) is 9.76. The van der Waals surface area contributed by atoms with Crippen LogP contribution in [0.4, 0.5) is 10.1 Å². The van der Waals surface area contributed by atoms with Gasteiger partial charge in [0.1, 0.15) is 11.6 Å². The number of guanidine groups is 1. The van der Waals surface area contributed by atoms with Crippen molar-refractivity contribution in [3.63, 3.8) is 0 Å². The maximum atomic E-state index is 13.4. The van der Waals surface area contributed by atoms with Gasteiger partial charge in [-0.3, -0.25) is 4.99 Å². The van der Waals surface area contributed by atoms with E-state index >= 15 is 0 Å². The Hall–Kier alpha value is -2.57. The molecule has 7 heteroatoms. The van der Waals surface area contributed by atoms with Crippen LogP contribution in [0.15, 0.2) is 35.6 Å².